The van der Waals surface area contributed by atoms with Gasteiger partial charge in [-0.1, -0.05) is 54.1 Å². The zero-order chi connectivity index (χ0) is 28.8. The number of likely N-dealkylation sites (N-methyl/N-ethyl adjacent to an activating group) is 1. The average molecular weight is 562 g/mol. The number of carbonyl (C=O) groups is 2. The molecule has 11 heteroatoms. The van der Waals surface area contributed by atoms with Gasteiger partial charge in [0.25, 0.3) is 10.0 Å². The predicted octanol–water partition coefficient (Wildman–Crippen LogP) is 4.41. The first-order chi connectivity index (χ1) is 18.3. The molecule has 0 bridgehead atoms. The van der Waals surface area contributed by atoms with Crippen molar-refractivity contribution >= 4 is 27.5 Å². The quantitative estimate of drug-likeness (QED) is 0.397. The van der Waals surface area contributed by atoms with Gasteiger partial charge in [0.1, 0.15) is 12.6 Å². The topological polar surface area (TPSA) is 86.8 Å². The van der Waals surface area contributed by atoms with E-state index in [1.165, 1.54) is 37.1 Å². The molecule has 3 aromatic rings. The number of alkyl halides is 3. The molecule has 7 nitrogen and oxygen atoms in total. The van der Waals surface area contributed by atoms with Crippen molar-refractivity contribution in [3.8, 4) is 0 Å². The van der Waals surface area contributed by atoms with Crippen LogP contribution in [0.4, 0.5) is 18.9 Å². The Bertz CT molecular complexity index is 1400. The molecule has 1 atom stereocenters. The molecule has 3 aromatic carbocycles. The maximum Gasteiger partial charge on any atom is 0.416 e. The number of nitrogens with one attached hydrogen (secondary N) is 1. The Kier molecular flexibility index (Phi) is 9.39. The molecule has 0 heterocycles. The zero-order valence-electron chi connectivity index (χ0n) is 21.8. The molecule has 208 valence electrons. The predicted molar refractivity (Wildman–Crippen MR) is 143 cm³/mol. The number of hydrogen-bond donors (Lipinski definition) is 1. The molecule has 0 radical (unpaired) electrons. The smallest absolute Gasteiger partial charge is 0.357 e. The van der Waals surface area contributed by atoms with Gasteiger partial charge in [-0.2, -0.15) is 13.2 Å². The fraction of sp³-hybridized carbons (Fsp3) is 0.286. The SMILES string of the molecule is CNC(=O)[C@H](C)N(CCc1ccccc1)C(=O)CN(c1cccc(C(F)(F)F)c1)S(=O)(=O)c1ccc(C)cc1. The molecule has 0 saturated heterocycles. The van der Waals surface area contributed by atoms with Crippen molar-refractivity contribution < 1.29 is 31.2 Å². The van der Waals surface area contributed by atoms with Gasteiger partial charge in [0.15, 0.2) is 0 Å². The molecular weight excluding hydrogens is 531 g/mol. The summed E-state index contributed by atoms with van der Waals surface area (Å²) < 4.78 is 68.5. The van der Waals surface area contributed by atoms with Crippen LogP contribution in [-0.2, 0) is 32.2 Å². The Morgan fingerprint density at radius 3 is 2.18 bits per heavy atom. The van der Waals surface area contributed by atoms with E-state index in [1.54, 1.807) is 19.1 Å². The third-order valence-corrected chi connectivity index (χ3v) is 8.04. The Morgan fingerprint density at radius 2 is 1.59 bits per heavy atom. The van der Waals surface area contributed by atoms with Gasteiger partial charge >= 0.3 is 6.18 Å². The van der Waals surface area contributed by atoms with Crippen LogP contribution in [-0.4, -0.2) is 51.3 Å². The minimum absolute atomic E-state index is 0.0818. The number of nitrogens with zero attached hydrogens (tertiary/aromatic N) is 2. The summed E-state index contributed by atoms with van der Waals surface area (Å²) in [5, 5.41) is 2.48. The lowest BCUT2D eigenvalue weighted by Crippen LogP contribution is -2.51. The fourth-order valence-electron chi connectivity index (χ4n) is 3.98. The molecule has 0 saturated carbocycles. The van der Waals surface area contributed by atoms with Crippen molar-refractivity contribution in [1.29, 1.82) is 0 Å². The normalized spacial score (nSPS) is 12.5. The molecule has 0 fully saturated rings. The maximum atomic E-state index is 13.7. The van der Waals surface area contributed by atoms with Crippen LogP contribution in [0.15, 0.2) is 83.8 Å². The highest BCUT2D eigenvalue weighted by Gasteiger charge is 2.35. The van der Waals surface area contributed by atoms with Crippen LogP contribution in [0.2, 0.25) is 0 Å². The Hall–Kier alpha value is -3.86. The van der Waals surface area contributed by atoms with Gasteiger partial charge in [-0.25, -0.2) is 8.42 Å². The highest BCUT2D eigenvalue weighted by atomic mass is 32.2. The molecule has 3 rings (SSSR count). The second kappa shape index (κ2) is 12.3. The largest absolute Gasteiger partial charge is 0.416 e. The molecule has 0 aliphatic rings. The van der Waals surface area contributed by atoms with Crippen molar-refractivity contribution in [3.05, 3.63) is 95.6 Å². The minimum Gasteiger partial charge on any atom is -0.357 e. The lowest BCUT2D eigenvalue weighted by Gasteiger charge is -2.32. The van der Waals surface area contributed by atoms with Crippen LogP contribution < -0.4 is 9.62 Å². The van der Waals surface area contributed by atoms with Crippen molar-refractivity contribution in [3.63, 3.8) is 0 Å². The molecular formula is C28H30F3N3O4S. The van der Waals surface area contributed by atoms with E-state index in [-0.39, 0.29) is 17.1 Å². The molecule has 0 unspecified atom stereocenters. The fourth-order valence-corrected chi connectivity index (χ4v) is 5.39. The first kappa shape index (κ1) is 29.7. The van der Waals surface area contributed by atoms with Crippen LogP contribution in [0.3, 0.4) is 0 Å². The van der Waals surface area contributed by atoms with E-state index < -0.39 is 46.2 Å². The van der Waals surface area contributed by atoms with E-state index >= 15 is 0 Å². The third-order valence-electron chi connectivity index (χ3n) is 6.25. The molecule has 0 aliphatic heterocycles. The number of rotatable bonds is 10. The molecule has 0 aromatic heterocycles. The highest BCUT2D eigenvalue weighted by Crippen LogP contribution is 2.33. The summed E-state index contributed by atoms with van der Waals surface area (Å²) in [7, 11) is -3.05. The molecule has 1 N–H and O–H groups in total. The standard InChI is InChI=1S/C28H30F3N3O4S/c1-20-12-14-25(15-13-20)39(37,38)34(24-11-7-10-23(18-24)28(29,30)31)19-26(35)33(21(2)27(36)32-3)17-16-22-8-5-4-6-9-22/h4-15,18,21H,16-17,19H2,1-3H3,(H,32,36)/t21-/m0/s1. The zero-order valence-corrected chi connectivity index (χ0v) is 22.6. The summed E-state index contributed by atoms with van der Waals surface area (Å²) in [5.41, 5.74) is 0.286. The van der Waals surface area contributed by atoms with Crippen LogP contribution in [0.5, 0.6) is 0 Å². The van der Waals surface area contributed by atoms with Crippen LogP contribution in [0.25, 0.3) is 0 Å². The average Bonchev–Trinajstić information content (AvgIpc) is 2.91. The van der Waals surface area contributed by atoms with Crippen LogP contribution in [0, 0.1) is 6.92 Å². The molecule has 0 aliphatic carbocycles. The van der Waals surface area contributed by atoms with Crippen molar-refractivity contribution in [2.75, 3.05) is 24.4 Å². The van der Waals surface area contributed by atoms with Gasteiger partial charge in [-0.3, -0.25) is 13.9 Å². The van der Waals surface area contributed by atoms with Crippen molar-refractivity contribution in [2.45, 2.75) is 37.4 Å². The number of carbonyl (C=O) groups excluding carboxylic acids is 2. The maximum absolute atomic E-state index is 13.7. The summed E-state index contributed by atoms with van der Waals surface area (Å²) in [6, 6.07) is 17.8. The lowest BCUT2D eigenvalue weighted by molar-refractivity contribution is -0.138. The lowest BCUT2D eigenvalue weighted by atomic mass is 10.1. The minimum atomic E-state index is -4.73. The summed E-state index contributed by atoms with van der Waals surface area (Å²) in [4.78, 5) is 27.2. The van der Waals surface area contributed by atoms with E-state index in [9.17, 15) is 31.2 Å². The molecule has 0 spiro atoms. The van der Waals surface area contributed by atoms with E-state index in [4.69, 9.17) is 0 Å². The van der Waals surface area contributed by atoms with Gasteiger partial charge in [0.2, 0.25) is 11.8 Å². The number of anilines is 1. The van der Waals surface area contributed by atoms with E-state index in [2.05, 4.69) is 5.32 Å². The number of halogens is 3. The number of sulfonamides is 1. The van der Waals surface area contributed by atoms with E-state index in [0.717, 1.165) is 23.3 Å². The second-order valence-electron chi connectivity index (χ2n) is 8.99. The van der Waals surface area contributed by atoms with Crippen molar-refractivity contribution in [1.82, 2.24) is 10.2 Å². The van der Waals surface area contributed by atoms with Gasteiger partial charge in [-0.05, 0) is 56.2 Å². The Morgan fingerprint density at radius 1 is 0.949 bits per heavy atom. The summed E-state index contributed by atoms with van der Waals surface area (Å²) in [6.07, 6.45) is -4.35. The highest BCUT2D eigenvalue weighted by molar-refractivity contribution is 7.92. The number of aryl methyl sites for hydroxylation is 1. The van der Waals surface area contributed by atoms with Crippen molar-refractivity contribution in [2.24, 2.45) is 0 Å². The summed E-state index contributed by atoms with van der Waals surface area (Å²) in [5.74, 6) is -1.21. The van der Waals surface area contributed by atoms with Crippen LogP contribution in [0.1, 0.15) is 23.6 Å². The molecule has 39 heavy (non-hydrogen) atoms. The second-order valence-corrected chi connectivity index (χ2v) is 10.8. The van der Waals surface area contributed by atoms with Crippen LogP contribution >= 0.6 is 0 Å². The van der Waals surface area contributed by atoms with E-state index in [0.29, 0.717) is 16.8 Å². The Balaban J connectivity index is 2.04. The van der Waals surface area contributed by atoms with Gasteiger partial charge in [-0.15, -0.1) is 0 Å². The number of amides is 2. The summed E-state index contributed by atoms with van der Waals surface area (Å²) in [6.45, 7) is 2.53. The number of benzene rings is 3. The van der Waals surface area contributed by atoms with Gasteiger partial charge in [0.05, 0.1) is 16.1 Å². The molecule has 2 amide bonds. The van der Waals surface area contributed by atoms with E-state index in [1.807, 2.05) is 30.3 Å². The Labute approximate surface area is 226 Å². The number of hydrogen-bond acceptors (Lipinski definition) is 4. The summed E-state index contributed by atoms with van der Waals surface area (Å²) >= 11 is 0. The van der Waals surface area contributed by atoms with Gasteiger partial charge in [0, 0.05) is 13.6 Å². The van der Waals surface area contributed by atoms with Gasteiger partial charge < -0.3 is 10.2 Å². The first-order valence-corrected chi connectivity index (χ1v) is 13.6. The first-order valence-electron chi connectivity index (χ1n) is 12.2. The third kappa shape index (κ3) is 7.38. The monoisotopic (exact) mass is 561 g/mol.